The van der Waals surface area contributed by atoms with Crippen molar-refractivity contribution in [3.63, 3.8) is 0 Å². The van der Waals surface area contributed by atoms with Crippen molar-refractivity contribution in [1.82, 2.24) is 5.32 Å². The van der Waals surface area contributed by atoms with Crippen molar-refractivity contribution in [2.24, 2.45) is 0 Å². The molecule has 5 atom stereocenters. The van der Waals surface area contributed by atoms with Gasteiger partial charge in [-0.25, -0.2) is 0 Å². The van der Waals surface area contributed by atoms with Gasteiger partial charge in [0.1, 0.15) is 18.3 Å². The second kappa shape index (κ2) is 4.74. The molecule has 1 aliphatic heterocycles. The Labute approximate surface area is 92.7 Å². The van der Waals surface area contributed by atoms with Crippen LogP contribution in [0.15, 0.2) is 0 Å². The van der Waals surface area contributed by atoms with Crippen LogP contribution in [-0.4, -0.2) is 70.0 Å². The zero-order valence-corrected chi connectivity index (χ0v) is 9.12. The van der Waals surface area contributed by atoms with Gasteiger partial charge in [-0.15, -0.1) is 0 Å². The summed E-state index contributed by atoms with van der Waals surface area (Å²) >= 11 is 0. The molecule has 0 radical (unpaired) electrons. The van der Waals surface area contributed by atoms with Crippen LogP contribution < -0.4 is 5.32 Å². The fraction of sp³-hybridized carbons (Fsp3) is 0.889. The number of aliphatic hydroxyl groups excluding tert-OH is 3. The Morgan fingerprint density at radius 1 is 1.44 bits per heavy atom. The Balaban J connectivity index is 3.03. The SMILES string of the molecule is CN[C@@H]1[C@@H](O)[C@H](O)[C@@H](CO)OC1(O)C(C)=O. The summed E-state index contributed by atoms with van der Waals surface area (Å²) in [4.78, 5) is 11.3. The van der Waals surface area contributed by atoms with Gasteiger partial charge in [-0.1, -0.05) is 0 Å². The van der Waals surface area contributed by atoms with Crippen LogP contribution in [0.2, 0.25) is 0 Å². The number of likely N-dealkylation sites (N-methyl/N-ethyl adjacent to an activating group) is 1. The minimum atomic E-state index is -2.25. The van der Waals surface area contributed by atoms with Crippen LogP contribution in [0, 0.1) is 0 Å². The lowest BCUT2D eigenvalue weighted by molar-refractivity contribution is -0.301. The summed E-state index contributed by atoms with van der Waals surface area (Å²) in [5, 5.41) is 40.7. The van der Waals surface area contributed by atoms with E-state index in [1.807, 2.05) is 0 Å². The normalized spacial score (nSPS) is 44.4. The standard InChI is InChI=1S/C9H17NO6/c1-4(12)9(15)8(10-2)7(14)6(13)5(3-11)16-9/h5-8,10-11,13-15H,3H2,1-2H3/t5-,6-,7+,8-,9?/m1/s1. The number of carbonyl (C=O) groups is 1. The highest BCUT2D eigenvalue weighted by atomic mass is 16.7. The minimum absolute atomic E-state index is 0.607. The topological polar surface area (TPSA) is 119 Å². The first-order valence-corrected chi connectivity index (χ1v) is 4.94. The lowest BCUT2D eigenvalue weighted by Gasteiger charge is -2.46. The van der Waals surface area contributed by atoms with Crippen LogP contribution in [0.1, 0.15) is 6.92 Å². The maximum Gasteiger partial charge on any atom is 0.245 e. The predicted octanol–water partition coefficient (Wildman–Crippen LogP) is -3.04. The lowest BCUT2D eigenvalue weighted by atomic mass is 9.88. The fourth-order valence-corrected chi connectivity index (χ4v) is 1.84. The third-order valence-corrected chi connectivity index (χ3v) is 2.82. The third-order valence-electron chi connectivity index (χ3n) is 2.82. The molecule has 0 aliphatic carbocycles. The van der Waals surface area contributed by atoms with Crippen molar-refractivity contribution in [2.45, 2.75) is 37.1 Å². The molecule has 1 saturated heterocycles. The first-order chi connectivity index (χ1) is 7.38. The third kappa shape index (κ3) is 1.97. The largest absolute Gasteiger partial charge is 0.394 e. The quantitative estimate of drug-likeness (QED) is 0.353. The Morgan fingerprint density at radius 3 is 2.38 bits per heavy atom. The molecule has 0 saturated carbocycles. The fourth-order valence-electron chi connectivity index (χ4n) is 1.84. The van der Waals surface area contributed by atoms with Gasteiger partial charge in [-0.3, -0.25) is 4.79 Å². The van der Waals surface area contributed by atoms with E-state index in [0.717, 1.165) is 6.92 Å². The van der Waals surface area contributed by atoms with E-state index in [-0.39, 0.29) is 0 Å². The Hall–Kier alpha value is -0.570. The molecule has 0 aromatic carbocycles. The van der Waals surface area contributed by atoms with Gasteiger partial charge >= 0.3 is 0 Å². The van der Waals surface area contributed by atoms with Crippen LogP contribution in [0.3, 0.4) is 0 Å². The molecule has 0 aromatic heterocycles. The molecule has 1 unspecified atom stereocenters. The lowest BCUT2D eigenvalue weighted by Crippen LogP contribution is -2.71. The summed E-state index contributed by atoms with van der Waals surface area (Å²) in [7, 11) is 1.41. The summed E-state index contributed by atoms with van der Waals surface area (Å²) in [5.74, 6) is -2.96. The monoisotopic (exact) mass is 235 g/mol. The van der Waals surface area contributed by atoms with E-state index in [1.54, 1.807) is 0 Å². The molecule has 1 rings (SSSR count). The van der Waals surface area contributed by atoms with Gasteiger partial charge in [0.05, 0.1) is 12.6 Å². The highest BCUT2D eigenvalue weighted by Gasteiger charge is 2.55. The van der Waals surface area contributed by atoms with E-state index in [1.165, 1.54) is 7.05 Å². The molecule has 0 aromatic rings. The van der Waals surface area contributed by atoms with Crippen LogP contribution in [-0.2, 0) is 9.53 Å². The van der Waals surface area contributed by atoms with Gasteiger partial charge in [0.25, 0.3) is 0 Å². The van der Waals surface area contributed by atoms with E-state index in [2.05, 4.69) is 5.32 Å². The molecule has 94 valence electrons. The average molecular weight is 235 g/mol. The van der Waals surface area contributed by atoms with Gasteiger partial charge in [-0.05, 0) is 7.05 Å². The Kier molecular flexibility index (Phi) is 4.00. The summed E-state index contributed by atoms with van der Waals surface area (Å²) in [6.45, 7) is 0.493. The molecule has 0 spiro atoms. The zero-order chi connectivity index (χ0) is 12.5. The Morgan fingerprint density at radius 2 is 2.00 bits per heavy atom. The van der Waals surface area contributed by atoms with Crippen LogP contribution in [0.4, 0.5) is 0 Å². The maximum atomic E-state index is 11.3. The van der Waals surface area contributed by atoms with Gasteiger partial charge in [0.15, 0.2) is 5.78 Å². The van der Waals surface area contributed by atoms with Crippen LogP contribution in [0.25, 0.3) is 0 Å². The molecule has 1 heterocycles. The first-order valence-electron chi connectivity index (χ1n) is 4.94. The van der Waals surface area contributed by atoms with Crippen LogP contribution in [0.5, 0.6) is 0 Å². The Bertz CT molecular complexity index is 273. The first kappa shape index (κ1) is 13.5. The number of ether oxygens (including phenoxy) is 1. The average Bonchev–Trinajstić information content (AvgIpc) is 2.24. The molecule has 0 bridgehead atoms. The second-order valence-electron chi connectivity index (χ2n) is 3.84. The number of rotatable bonds is 3. The number of Topliss-reactive ketones (excluding diaryl/α,β-unsaturated/α-hetero) is 1. The summed E-state index contributed by atoms with van der Waals surface area (Å²) in [6.07, 6.45) is -3.99. The van der Waals surface area contributed by atoms with Gasteiger partial charge in [0, 0.05) is 6.92 Å². The summed E-state index contributed by atoms with van der Waals surface area (Å²) in [5.41, 5.74) is 0. The number of nitrogens with one attached hydrogen (secondary N) is 1. The van der Waals surface area contributed by atoms with Crippen molar-refractivity contribution < 1.29 is 30.0 Å². The summed E-state index contributed by atoms with van der Waals surface area (Å²) < 4.78 is 4.95. The molecular weight excluding hydrogens is 218 g/mol. The van der Waals surface area contributed by atoms with E-state index in [9.17, 15) is 20.1 Å². The van der Waals surface area contributed by atoms with Crippen molar-refractivity contribution in [3.8, 4) is 0 Å². The molecule has 5 N–H and O–H groups in total. The molecule has 0 amide bonds. The van der Waals surface area contributed by atoms with E-state index in [0.29, 0.717) is 0 Å². The van der Waals surface area contributed by atoms with Crippen LogP contribution >= 0.6 is 0 Å². The van der Waals surface area contributed by atoms with Gasteiger partial charge in [0.2, 0.25) is 5.79 Å². The molecule has 1 aliphatic rings. The van der Waals surface area contributed by atoms with Crippen molar-refractivity contribution in [1.29, 1.82) is 0 Å². The molecule has 1 fully saturated rings. The molecule has 7 heteroatoms. The highest BCUT2D eigenvalue weighted by molar-refractivity contribution is 5.84. The van der Waals surface area contributed by atoms with E-state index in [4.69, 9.17) is 9.84 Å². The smallest absolute Gasteiger partial charge is 0.245 e. The number of carbonyl (C=O) groups excluding carboxylic acids is 1. The number of aliphatic hydroxyl groups is 4. The highest BCUT2D eigenvalue weighted by Crippen LogP contribution is 2.28. The molecular formula is C9H17NO6. The molecule has 16 heavy (non-hydrogen) atoms. The number of hydrogen-bond donors (Lipinski definition) is 5. The van der Waals surface area contributed by atoms with Crippen molar-refractivity contribution in [2.75, 3.05) is 13.7 Å². The van der Waals surface area contributed by atoms with Gasteiger partial charge in [-0.2, -0.15) is 0 Å². The van der Waals surface area contributed by atoms with E-state index < -0.39 is 42.5 Å². The maximum absolute atomic E-state index is 11.3. The minimum Gasteiger partial charge on any atom is -0.394 e. The molecule has 7 nitrogen and oxygen atoms in total. The van der Waals surface area contributed by atoms with Crippen molar-refractivity contribution in [3.05, 3.63) is 0 Å². The number of hydrogen-bond acceptors (Lipinski definition) is 7. The van der Waals surface area contributed by atoms with E-state index >= 15 is 0 Å². The van der Waals surface area contributed by atoms with Crippen molar-refractivity contribution >= 4 is 5.78 Å². The zero-order valence-electron chi connectivity index (χ0n) is 9.12. The number of ketones is 1. The predicted molar refractivity (Wildman–Crippen MR) is 52.5 cm³/mol. The summed E-state index contributed by atoms with van der Waals surface area (Å²) in [6, 6.07) is -1.15. The van der Waals surface area contributed by atoms with Gasteiger partial charge < -0.3 is 30.5 Å². The second-order valence-corrected chi connectivity index (χ2v) is 3.84.